The number of hydrogen-bond donors (Lipinski definition) is 5. The topological polar surface area (TPSA) is 200 Å². The van der Waals surface area contributed by atoms with E-state index >= 15 is 0 Å². The Kier molecular flexibility index (Phi) is 7.46. The Labute approximate surface area is 198 Å². The van der Waals surface area contributed by atoms with E-state index in [1.807, 2.05) is 4.90 Å². The molecule has 0 bridgehead atoms. The first-order valence-corrected chi connectivity index (χ1v) is 14.0. The zero-order chi connectivity index (χ0) is 24.3. The zero-order valence-corrected chi connectivity index (χ0v) is 20.1. The van der Waals surface area contributed by atoms with Crippen molar-refractivity contribution >= 4 is 25.7 Å². The number of nitrogens with two attached hydrogens (primary N) is 1. The van der Waals surface area contributed by atoms with Crippen molar-refractivity contribution in [3.05, 3.63) is 12.1 Å². The lowest BCUT2D eigenvalue weighted by Gasteiger charge is -2.37. The molecule has 1 aromatic carbocycles. The van der Waals surface area contributed by atoms with Crippen LogP contribution in [0.2, 0.25) is 0 Å². The number of piperazine rings is 1. The van der Waals surface area contributed by atoms with Gasteiger partial charge >= 0.3 is 0 Å². The molecule has 188 valence electrons. The Morgan fingerprint density at radius 3 is 2.53 bits per heavy atom. The lowest BCUT2D eigenvalue weighted by molar-refractivity contribution is 0.216. The Bertz CT molecular complexity index is 1190. The molecule has 0 spiro atoms. The maximum atomic E-state index is 13.2. The van der Waals surface area contributed by atoms with Crippen molar-refractivity contribution in [2.75, 3.05) is 57.3 Å². The summed E-state index contributed by atoms with van der Waals surface area (Å²) in [5.41, 5.74) is 0.481. The van der Waals surface area contributed by atoms with Gasteiger partial charge in [0.1, 0.15) is 9.79 Å². The van der Waals surface area contributed by atoms with Crippen LogP contribution in [-0.4, -0.2) is 106 Å². The van der Waals surface area contributed by atoms with Crippen LogP contribution >= 0.6 is 0 Å². The van der Waals surface area contributed by atoms with Gasteiger partial charge in [-0.05, 0) is 41.9 Å². The van der Waals surface area contributed by atoms with E-state index in [1.54, 1.807) is 6.07 Å². The number of nitrogens with zero attached hydrogens (tertiary/aromatic N) is 5. The van der Waals surface area contributed by atoms with E-state index in [-0.39, 0.29) is 24.0 Å². The number of sulfonamides is 2. The van der Waals surface area contributed by atoms with Gasteiger partial charge in [0.15, 0.2) is 5.82 Å². The smallest absolute Gasteiger partial charge is 0.242 e. The first kappa shape index (κ1) is 24.9. The number of aromatic amines is 1. The van der Waals surface area contributed by atoms with Gasteiger partial charge in [-0.15, -0.1) is 5.10 Å². The lowest BCUT2D eigenvalue weighted by Crippen LogP contribution is -2.47. The highest BCUT2D eigenvalue weighted by Crippen LogP contribution is 2.38. The number of anilines is 1. The van der Waals surface area contributed by atoms with Gasteiger partial charge in [0.05, 0.1) is 5.56 Å². The van der Waals surface area contributed by atoms with Gasteiger partial charge in [0, 0.05) is 57.6 Å². The average molecular weight is 516 g/mol. The largest absolute Gasteiger partial charge is 0.396 e. The summed E-state index contributed by atoms with van der Waals surface area (Å²) in [5, 5.41) is 31.2. The van der Waals surface area contributed by atoms with Crippen LogP contribution in [0.1, 0.15) is 12.8 Å². The third-order valence-corrected chi connectivity index (χ3v) is 8.67. The number of aromatic nitrogens is 4. The van der Waals surface area contributed by atoms with Crippen LogP contribution in [0.3, 0.4) is 0 Å². The molecule has 6 N–H and O–H groups in total. The Balaban J connectivity index is 1.78. The molecule has 0 amide bonds. The molecule has 34 heavy (non-hydrogen) atoms. The SMILES string of the molecule is NS(=O)(=O)c1c(S(=O)(=O)N[C@@H]2CCNC2)ccc(N2CCN(CCCO)CC2)c1-c1nnn[nH]1. The van der Waals surface area contributed by atoms with Crippen LogP contribution in [0.4, 0.5) is 5.69 Å². The van der Waals surface area contributed by atoms with E-state index in [0.717, 1.165) is 6.54 Å². The van der Waals surface area contributed by atoms with Crippen LogP contribution in [0, 0.1) is 0 Å². The summed E-state index contributed by atoms with van der Waals surface area (Å²) in [6.07, 6.45) is 1.25. The molecule has 16 heteroatoms. The molecular formula is C18H29N9O5S2. The van der Waals surface area contributed by atoms with Gasteiger partial charge < -0.3 is 15.3 Å². The number of tetrazole rings is 1. The number of aliphatic hydroxyl groups excluding tert-OH is 1. The third kappa shape index (κ3) is 5.37. The molecule has 0 aliphatic carbocycles. The van der Waals surface area contributed by atoms with Crippen LogP contribution in [0.15, 0.2) is 21.9 Å². The molecule has 1 atom stereocenters. The molecular weight excluding hydrogens is 486 g/mol. The van der Waals surface area contributed by atoms with Gasteiger partial charge in [-0.2, -0.15) is 0 Å². The molecule has 3 heterocycles. The van der Waals surface area contributed by atoms with E-state index in [2.05, 4.69) is 35.6 Å². The van der Waals surface area contributed by atoms with E-state index in [4.69, 9.17) is 10.2 Å². The maximum Gasteiger partial charge on any atom is 0.242 e. The van der Waals surface area contributed by atoms with Crippen molar-refractivity contribution in [1.82, 2.24) is 35.6 Å². The predicted octanol–water partition coefficient (Wildman–Crippen LogP) is -2.34. The van der Waals surface area contributed by atoms with Crippen LogP contribution in [0.25, 0.3) is 11.4 Å². The maximum absolute atomic E-state index is 13.2. The second kappa shape index (κ2) is 10.2. The minimum atomic E-state index is -4.51. The predicted molar refractivity (Wildman–Crippen MR) is 123 cm³/mol. The number of nitrogens with one attached hydrogen (secondary N) is 3. The molecule has 2 fully saturated rings. The number of hydrogen-bond acceptors (Lipinski definition) is 11. The van der Waals surface area contributed by atoms with Gasteiger partial charge in [-0.25, -0.2) is 31.8 Å². The number of aliphatic hydroxyl groups is 1. The van der Waals surface area contributed by atoms with Crippen LogP contribution in [-0.2, 0) is 20.0 Å². The molecule has 2 saturated heterocycles. The summed E-state index contributed by atoms with van der Waals surface area (Å²) < 4.78 is 54.7. The Morgan fingerprint density at radius 2 is 1.94 bits per heavy atom. The molecule has 2 aliphatic rings. The summed E-state index contributed by atoms with van der Waals surface area (Å²) in [5.74, 6) is 0.00122. The quantitative estimate of drug-likeness (QED) is 0.240. The van der Waals surface area contributed by atoms with Gasteiger partial charge in [-0.1, -0.05) is 0 Å². The molecule has 2 aromatic rings. The first-order chi connectivity index (χ1) is 16.2. The lowest BCUT2D eigenvalue weighted by atomic mass is 10.1. The van der Waals surface area contributed by atoms with Gasteiger partial charge in [0.2, 0.25) is 20.0 Å². The third-order valence-electron chi connectivity index (χ3n) is 5.98. The van der Waals surface area contributed by atoms with Gasteiger partial charge in [-0.3, -0.25) is 4.90 Å². The van der Waals surface area contributed by atoms with Gasteiger partial charge in [0.25, 0.3) is 0 Å². The number of benzene rings is 1. The Hall–Kier alpha value is -2.21. The molecule has 14 nitrogen and oxygen atoms in total. The van der Waals surface area contributed by atoms with E-state index in [9.17, 15) is 16.8 Å². The number of primary sulfonamides is 1. The summed E-state index contributed by atoms with van der Waals surface area (Å²) in [7, 11) is -8.73. The fraction of sp³-hybridized carbons (Fsp3) is 0.611. The van der Waals surface area contributed by atoms with Crippen LogP contribution < -0.4 is 20.1 Å². The molecule has 2 aliphatic heterocycles. The van der Waals surface area contributed by atoms with Crippen molar-refractivity contribution in [3.63, 3.8) is 0 Å². The standard InChI is InChI=1S/C18H29N9O5S2/c19-33(29,30)17-15(34(31,32)23-13-4-5-20-12-13)3-2-14(16(17)18-21-24-25-22-18)27-9-7-26(8-10-27)6-1-11-28/h2-3,13,20,23,28H,1,4-12H2,(H2,19,29,30)(H,21,22,24,25)/t13-/m1/s1. The Morgan fingerprint density at radius 1 is 1.18 bits per heavy atom. The summed E-state index contributed by atoms with van der Waals surface area (Å²) in [6.45, 7) is 4.47. The summed E-state index contributed by atoms with van der Waals surface area (Å²) in [4.78, 5) is 3.15. The average Bonchev–Trinajstić information content (AvgIpc) is 3.50. The first-order valence-electron chi connectivity index (χ1n) is 11.0. The number of rotatable bonds is 9. The number of H-pyrrole nitrogens is 1. The zero-order valence-electron chi connectivity index (χ0n) is 18.5. The molecule has 0 unspecified atom stereocenters. The van der Waals surface area contributed by atoms with E-state index in [1.165, 1.54) is 6.07 Å². The van der Waals surface area contributed by atoms with Crippen molar-refractivity contribution in [1.29, 1.82) is 0 Å². The highest BCUT2D eigenvalue weighted by Gasteiger charge is 2.34. The molecule has 4 rings (SSSR count). The second-order valence-corrected chi connectivity index (χ2v) is 11.5. The van der Waals surface area contributed by atoms with Crippen molar-refractivity contribution in [2.24, 2.45) is 5.14 Å². The van der Waals surface area contributed by atoms with Crippen LogP contribution in [0.5, 0.6) is 0 Å². The van der Waals surface area contributed by atoms with Crippen molar-refractivity contribution < 1.29 is 21.9 Å². The summed E-state index contributed by atoms with van der Waals surface area (Å²) >= 11 is 0. The normalized spacial score (nSPS) is 20.2. The molecule has 1 aromatic heterocycles. The highest BCUT2D eigenvalue weighted by atomic mass is 32.2. The fourth-order valence-electron chi connectivity index (χ4n) is 4.35. The van der Waals surface area contributed by atoms with Crippen molar-refractivity contribution in [2.45, 2.75) is 28.7 Å². The fourth-order valence-corrected chi connectivity index (χ4v) is 7.22. The molecule has 0 saturated carbocycles. The highest BCUT2D eigenvalue weighted by molar-refractivity contribution is 7.92. The van der Waals surface area contributed by atoms with E-state index < -0.39 is 29.8 Å². The minimum Gasteiger partial charge on any atom is -0.396 e. The summed E-state index contributed by atoms with van der Waals surface area (Å²) in [6, 6.07) is 2.48. The van der Waals surface area contributed by atoms with Crippen molar-refractivity contribution in [3.8, 4) is 11.4 Å². The minimum absolute atomic E-state index is 0.00122. The second-order valence-electron chi connectivity index (χ2n) is 8.30. The monoisotopic (exact) mass is 515 g/mol. The molecule has 0 radical (unpaired) electrons. The van der Waals surface area contributed by atoms with E-state index in [0.29, 0.717) is 57.8 Å².